The molecule has 0 aliphatic heterocycles. The van der Waals surface area contributed by atoms with Crippen molar-refractivity contribution < 1.29 is 22.7 Å². The van der Waals surface area contributed by atoms with Crippen molar-refractivity contribution in [1.29, 1.82) is 0 Å². The number of halogens is 3. The van der Waals surface area contributed by atoms with Crippen LogP contribution in [0.2, 0.25) is 5.02 Å². The fourth-order valence-electron chi connectivity index (χ4n) is 3.82. The molecule has 1 heterocycles. The van der Waals surface area contributed by atoms with Gasteiger partial charge in [-0.1, -0.05) is 23.7 Å². The van der Waals surface area contributed by atoms with E-state index in [1.54, 1.807) is 25.3 Å². The van der Waals surface area contributed by atoms with Gasteiger partial charge in [0.15, 0.2) is 0 Å². The molecule has 0 atom stereocenters. The van der Waals surface area contributed by atoms with Crippen LogP contribution in [0.3, 0.4) is 0 Å². The van der Waals surface area contributed by atoms with E-state index < -0.39 is 11.7 Å². The van der Waals surface area contributed by atoms with Crippen LogP contribution in [0.1, 0.15) is 25.0 Å². The molecular weight excluding hydrogens is 460 g/mol. The Balaban J connectivity index is 1.76. The smallest absolute Gasteiger partial charge is 0.248 e. The largest absolute Gasteiger partial charge is 0.493 e. The molecule has 0 aliphatic carbocycles. The van der Waals surface area contributed by atoms with E-state index in [1.807, 2.05) is 19.9 Å². The summed E-state index contributed by atoms with van der Waals surface area (Å²) >= 11 is 5.80. The van der Waals surface area contributed by atoms with Gasteiger partial charge >= 0.3 is 0 Å². The predicted molar refractivity (Wildman–Crippen MR) is 131 cm³/mol. The van der Waals surface area contributed by atoms with Crippen molar-refractivity contribution in [3.8, 4) is 16.9 Å². The Morgan fingerprint density at radius 3 is 2.56 bits per heavy atom. The highest BCUT2D eigenvalue weighted by molar-refractivity contribution is 6.31. The minimum absolute atomic E-state index is 0.0773. The summed E-state index contributed by atoms with van der Waals surface area (Å²) in [6.45, 7) is 6.00. The monoisotopic (exact) mass is 481 g/mol. The van der Waals surface area contributed by atoms with Gasteiger partial charge in [0.2, 0.25) is 5.91 Å². The SMILES string of the molecule is CCOc1c(/C(C)=C/C(=O)Nc2ccc(F)c(Cl)c2)cc2c(-c3ccc(F)cc3)coc2c1C. The number of ether oxygens (including phenoxy) is 1. The van der Waals surface area contributed by atoms with Crippen LogP contribution in [0.15, 0.2) is 65.3 Å². The standard InChI is InChI=1S/C27H22ClF2NO3/c1-4-33-26-16(3)27-21(22(14-34-27)17-5-7-18(29)8-6-17)13-20(26)15(2)11-25(32)31-19-9-10-24(30)23(28)12-19/h5-14H,4H2,1-3H3,(H,31,32)/b15-11+. The normalized spacial score (nSPS) is 11.6. The highest BCUT2D eigenvalue weighted by Gasteiger charge is 2.19. The van der Waals surface area contributed by atoms with Gasteiger partial charge in [0.1, 0.15) is 23.0 Å². The molecule has 7 heteroatoms. The zero-order valence-electron chi connectivity index (χ0n) is 18.8. The van der Waals surface area contributed by atoms with Gasteiger partial charge in [-0.3, -0.25) is 4.79 Å². The summed E-state index contributed by atoms with van der Waals surface area (Å²) in [4.78, 5) is 12.7. The number of carbonyl (C=O) groups is 1. The van der Waals surface area contributed by atoms with E-state index in [2.05, 4.69) is 5.32 Å². The molecule has 1 N–H and O–H groups in total. The molecule has 0 spiro atoms. The number of fused-ring (bicyclic) bond motifs is 1. The Morgan fingerprint density at radius 2 is 1.88 bits per heavy atom. The van der Waals surface area contributed by atoms with Crippen LogP contribution in [0.4, 0.5) is 14.5 Å². The number of carbonyl (C=O) groups excluding carboxylic acids is 1. The summed E-state index contributed by atoms with van der Waals surface area (Å²) in [6, 6.07) is 12.1. The second-order valence-electron chi connectivity index (χ2n) is 7.79. The molecule has 0 fully saturated rings. The van der Waals surface area contributed by atoms with Crippen molar-refractivity contribution in [2.45, 2.75) is 20.8 Å². The van der Waals surface area contributed by atoms with Crippen LogP contribution in [0, 0.1) is 18.6 Å². The molecule has 4 nitrogen and oxygen atoms in total. The third kappa shape index (κ3) is 4.68. The number of furan rings is 1. The average molecular weight is 482 g/mol. The number of nitrogens with one attached hydrogen (secondary N) is 1. The minimum Gasteiger partial charge on any atom is -0.493 e. The number of rotatable bonds is 6. The fraction of sp³-hybridized carbons (Fsp3) is 0.148. The van der Waals surface area contributed by atoms with Crippen LogP contribution in [-0.2, 0) is 4.79 Å². The van der Waals surface area contributed by atoms with Gasteiger partial charge in [-0.25, -0.2) is 8.78 Å². The van der Waals surface area contributed by atoms with E-state index >= 15 is 0 Å². The molecule has 0 saturated carbocycles. The molecule has 1 aromatic heterocycles. The maximum Gasteiger partial charge on any atom is 0.248 e. The van der Waals surface area contributed by atoms with Crippen molar-refractivity contribution in [2.75, 3.05) is 11.9 Å². The third-order valence-electron chi connectivity index (χ3n) is 5.45. The van der Waals surface area contributed by atoms with E-state index in [-0.39, 0.29) is 10.8 Å². The first-order valence-electron chi connectivity index (χ1n) is 10.7. The molecule has 0 saturated heterocycles. The Kier molecular flexibility index (Phi) is 6.70. The number of amides is 1. The first-order chi connectivity index (χ1) is 16.3. The van der Waals surface area contributed by atoms with Gasteiger partial charge in [0.25, 0.3) is 0 Å². The molecule has 0 unspecified atom stereocenters. The van der Waals surface area contributed by atoms with Crippen molar-refractivity contribution >= 4 is 39.7 Å². The summed E-state index contributed by atoms with van der Waals surface area (Å²) < 4.78 is 38.6. The lowest BCUT2D eigenvalue weighted by molar-refractivity contribution is -0.111. The highest BCUT2D eigenvalue weighted by Crippen LogP contribution is 2.40. The summed E-state index contributed by atoms with van der Waals surface area (Å²) in [6.07, 6.45) is 3.08. The molecule has 3 aromatic carbocycles. The van der Waals surface area contributed by atoms with E-state index in [4.69, 9.17) is 20.8 Å². The zero-order chi connectivity index (χ0) is 24.4. The van der Waals surface area contributed by atoms with E-state index in [9.17, 15) is 13.6 Å². The first-order valence-corrected chi connectivity index (χ1v) is 11.0. The molecule has 4 aromatic rings. The number of anilines is 1. The second-order valence-corrected chi connectivity index (χ2v) is 8.20. The van der Waals surface area contributed by atoms with Crippen LogP contribution in [-0.4, -0.2) is 12.5 Å². The molecular formula is C27H22ClF2NO3. The first kappa shape index (κ1) is 23.5. The van der Waals surface area contributed by atoms with Gasteiger partial charge in [0, 0.05) is 33.8 Å². The van der Waals surface area contributed by atoms with Crippen molar-refractivity contribution in [1.82, 2.24) is 0 Å². The number of hydrogen-bond acceptors (Lipinski definition) is 3. The molecule has 4 rings (SSSR count). The topological polar surface area (TPSA) is 51.5 Å². The lowest BCUT2D eigenvalue weighted by Crippen LogP contribution is -2.09. The maximum atomic E-state index is 13.4. The van der Waals surface area contributed by atoms with Crippen LogP contribution in [0.5, 0.6) is 5.75 Å². The fourth-order valence-corrected chi connectivity index (χ4v) is 4.00. The molecule has 0 bridgehead atoms. The lowest BCUT2D eigenvalue weighted by Gasteiger charge is -2.15. The zero-order valence-corrected chi connectivity index (χ0v) is 19.6. The quantitative estimate of drug-likeness (QED) is 0.286. The van der Waals surface area contributed by atoms with Gasteiger partial charge in [-0.2, -0.15) is 0 Å². The van der Waals surface area contributed by atoms with Gasteiger partial charge in [0.05, 0.1) is 17.9 Å². The molecule has 174 valence electrons. The Labute approximate surface area is 200 Å². The summed E-state index contributed by atoms with van der Waals surface area (Å²) in [5.41, 5.74) is 4.83. The van der Waals surface area contributed by atoms with Gasteiger partial charge in [-0.15, -0.1) is 0 Å². The Morgan fingerprint density at radius 1 is 1.15 bits per heavy atom. The van der Waals surface area contributed by atoms with Crippen LogP contribution in [0.25, 0.3) is 27.7 Å². The Hall–Kier alpha value is -3.64. The molecule has 34 heavy (non-hydrogen) atoms. The van der Waals surface area contributed by atoms with E-state index in [0.717, 1.165) is 27.6 Å². The molecule has 0 radical (unpaired) electrons. The average Bonchev–Trinajstić information content (AvgIpc) is 3.23. The third-order valence-corrected chi connectivity index (χ3v) is 5.74. The molecule has 1 amide bonds. The second kappa shape index (κ2) is 9.69. The van der Waals surface area contributed by atoms with Crippen LogP contribution >= 0.6 is 11.6 Å². The maximum absolute atomic E-state index is 13.4. The number of allylic oxidation sites excluding steroid dienone is 1. The van der Waals surface area contributed by atoms with Crippen molar-refractivity contribution in [3.63, 3.8) is 0 Å². The minimum atomic E-state index is -0.561. The van der Waals surface area contributed by atoms with E-state index in [0.29, 0.717) is 29.2 Å². The van der Waals surface area contributed by atoms with Gasteiger partial charge in [-0.05, 0) is 68.3 Å². The predicted octanol–water partition coefficient (Wildman–Crippen LogP) is 7.78. The Bertz CT molecular complexity index is 1410. The van der Waals surface area contributed by atoms with Crippen LogP contribution < -0.4 is 10.1 Å². The summed E-state index contributed by atoms with van der Waals surface area (Å²) in [7, 11) is 0. The van der Waals surface area contributed by atoms with Gasteiger partial charge < -0.3 is 14.5 Å². The van der Waals surface area contributed by atoms with Crippen molar-refractivity contribution in [2.24, 2.45) is 0 Å². The number of hydrogen-bond donors (Lipinski definition) is 1. The summed E-state index contributed by atoms with van der Waals surface area (Å²) in [5.74, 6) is -0.666. The van der Waals surface area contributed by atoms with Crippen molar-refractivity contribution in [3.05, 3.63) is 88.7 Å². The summed E-state index contributed by atoms with van der Waals surface area (Å²) in [5, 5.41) is 3.43. The number of benzene rings is 3. The highest BCUT2D eigenvalue weighted by atomic mass is 35.5. The molecule has 0 aliphatic rings. The van der Waals surface area contributed by atoms with E-state index in [1.165, 1.54) is 36.4 Å². The number of aryl methyl sites for hydroxylation is 1. The lowest BCUT2D eigenvalue weighted by atomic mass is 9.96.